The van der Waals surface area contributed by atoms with Crippen molar-refractivity contribution in [3.8, 4) is 11.4 Å². The van der Waals surface area contributed by atoms with Gasteiger partial charge in [0, 0.05) is 23.0 Å². The van der Waals surface area contributed by atoms with Crippen LogP contribution in [-0.4, -0.2) is 32.7 Å². The van der Waals surface area contributed by atoms with Crippen LogP contribution in [-0.2, 0) is 0 Å². The van der Waals surface area contributed by atoms with Gasteiger partial charge in [-0.15, -0.1) is 0 Å². The minimum Gasteiger partial charge on any atom is -0.394 e. The number of aliphatic hydroxyl groups is 1. The third kappa shape index (κ3) is 3.51. The van der Waals surface area contributed by atoms with Crippen LogP contribution < -0.4 is 10.9 Å². The monoisotopic (exact) mass is 302 g/mol. The molecule has 0 saturated carbocycles. The number of aromatic nitrogens is 3. The van der Waals surface area contributed by atoms with Gasteiger partial charge in [-0.3, -0.25) is 4.79 Å². The first-order valence-corrected chi connectivity index (χ1v) is 7.33. The van der Waals surface area contributed by atoms with Crippen molar-refractivity contribution in [2.24, 2.45) is 5.92 Å². The summed E-state index contributed by atoms with van der Waals surface area (Å²) in [5.41, 5.74) is 1.94. The Labute approximate surface area is 129 Å². The van der Waals surface area contributed by atoms with Crippen molar-refractivity contribution < 1.29 is 5.11 Å². The number of anilines is 1. The fourth-order valence-electron chi connectivity index (χ4n) is 2.01. The fraction of sp³-hybridized carbons (Fsp3) is 0.438. The summed E-state index contributed by atoms with van der Waals surface area (Å²) >= 11 is 0. The second-order valence-electron chi connectivity index (χ2n) is 5.73. The number of H-pyrrole nitrogens is 1. The summed E-state index contributed by atoms with van der Waals surface area (Å²) in [5, 5.41) is 12.5. The summed E-state index contributed by atoms with van der Waals surface area (Å²) in [7, 11) is 0. The van der Waals surface area contributed by atoms with Crippen molar-refractivity contribution in [3.05, 3.63) is 39.9 Å². The molecule has 6 heteroatoms. The van der Waals surface area contributed by atoms with Crippen LogP contribution in [0, 0.1) is 19.8 Å². The van der Waals surface area contributed by atoms with E-state index >= 15 is 0 Å². The molecule has 118 valence electrons. The van der Waals surface area contributed by atoms with Gasteiger partial charge in [-0.1, -0.05) is 13.8 Å². The number of hydrogen-bond donors (Lipinski definition) is 3. The number of aryl methyl sites for hydroxylation is 1. The van der Waals surface area contributed by atoms with Crippen LogP contribution in [0.1, 0.15) is 25.1 Å². The van der Waals surface area contributed by atoms with Gasteiger partial charge in [0.15, 0.2) is 0 Å². The Hall–Kier alpha value is -2.21. The highest BCUT2D eigenvalue weighted by molar-refractivity contribution is 5.56. The average Bonchev–Trinajstić information content (AvgIpc) is 2.50. The van der Waals surface area contributed by atoms with Crippen LogP contribution in [0.25, 0.3) is 11.4 Å². The van der Waals surface area contributed by atoms with Gasteiger partial charge in [-0.25, -0.2) is 9.97 Å². The number of nitrogens with zero attached hydrogens (tertiary/aromatic N) is 2. The molecule has 0 aliphatic heterocycles. The van der Waals surface area contributed by atoms with Gasteiger partial charge in [0.05, 0.1) is 12.6 Å². The van der Waals surface area contributed by atoms with Crippen molar-refractivity contribution in [3.63, 3.8) is 0 Å². The van der Waals surface area contributed by atoms with Gasteiger partial charge in [-0.05, 0) is 31.9 Å². The van der Waals surface area contributed by atoms with Crippen molar-refractivity contribution >= 4 is 5.82 Å². The van der Waals surface area contributed by atoms with Crippen LogP contribution in [0.15, 0.2) is 23.1 Å². The molecule has 2 aromatic heterocycles. The first kappa shape index (κ1) is 16.2. The molecule has 0 saturated heterocycles. The van der Waals surface area contributed by atoms with E-state index in [-0.39, 0.29) is 18.2 Å². The largest absolute Gasteiger partial charge is 0.394 e. The molecule has 0 aromatic carbocycles. The van der Waals surface area contributed by atoms with E-state index in [0.29, 0.717) is 28.8 Å². The molecule has 0 bridgehead atoms. The Morgan fingerprint density at radius 2 is 2.05 bits per heavy atom. The molecule has 2 aromatic rings. The highest BCUT2D eigenvalue weighted by Gasteiger charge is 2.12. The lowest BCUT2D eigenvalue weighted by molar-refractivity contribution is 0.249. The summed E-state index contributed by atoms with van der Waals surface area (Å²) in [6.07, 6.45) is 1.66. The zero-order valence-corrected chi connectivity index (χ0v) is 13.3. The minimum atomic E-state index is -0.134. The third-order valence-corrected chi connectivity index (χ3v) is 3.77. The van der Waals surface area contributed by atoms with E-state index in [1.807, 2.05) is 32.9 Å². The summed E-state index contributed by atoms with van der Waals surface area (Å²) in [4.78, 5) is 23.3. The van der Waals surface area contributed by atoms with E-state index in [2.05, 4.69) is 20.3 Å². The fourth-order valence-corrected chi connectivity index (χ4v) is 2.01. The van der Waals surface area contributed by atoms with Gasteiger partial charge in [0.1, 0.15) is 11.6 Å². The van der Waals surface area contributed by atoms with E-state index in [9.17, 15) is 9.90 Å². The average molecular weight is 302 g/mol. The smallest absolute Gasteiger partial charge is 0.254 e. The van der Waals surface area contributed by atoms with Crippen molar-refractivity contribution in [2.45, 2.75) is 33.7 Å². The molecule has 0 aliphatic carbocycles. The molecular formula is C16H22N4O2. The molecule has 1 atom stereocenters. The molecule has 22 heavy (non-hydrogen) atoms. The van der Waals surface area contributed by atoms with Gasteiger partial charge in [0.25, 0.3) is 5.56 Å². The molecular weight excluding hydrogens is 280 g/mol. The van der Waals surface area contributed by atoms with Gasteiger partial charge < -0.3 is 15.4 Å². The van der Waals surface area contributed by atoms with Gasteiger partial charge in [0.2, 0.25) is 0 Å². The maximum atomic E-state index is 11.8. The predicted molar refractivity (Wildman–Crippen MR) is 86.9 cm³/mol. The molecule has 0 spiro atoms. The van der Waals surface area contributed by atoms with Crippen molar-refractivity contribution in [1.29, 1.82) is 0 Å². The normalized spacial score (nSPS) is 12.5. The molecule has 0 fully saturated rings. The van der Waals surface area contributed by atoms with Crippen LogP contribution in [0.4, 0.5) is 5.82 Å². The molecule has 2 rings (SSSR count). The van der Waals surface area contributed by atoms with Crippen molar-refractivity contribution in [1.82, 2.24) is 15.0 Å². The molecule has 6 nitrogen and oxygen atoms in total. The lowest BCUT2D eigenvalue weighted by Gasteiger charge is -2.20. The Balaban J connectivity index is 2.24. The van der Waals surface area contributed by atoms with E-state index in [1.165, 1.54) is 0 Å². The predicted octanol–water partition coefficient (Wildman–Crippen LogP) is 1.88. The first-order valence-electron chi connectivity index (χ1n) is 7.33. The molecule has 0 radical (unpaired) electrons. The number of hydrogen-bond acceptors (Lipinski definition) is 5. The number of aromatic amines is 1. The lowest BCUT2D eigenvalue weighted by atomic mass is 10.1. The minimum absolute atomic E-state index is 0.0436. The first-order chi connectivity index (χ1) is 10.4. The number of pyridine rings is 1. The lowest BCUT2D eigenvalue weighted by Crippen LogP contribution is -2.29. The highest BCUT2D eigenvalue weighted by atomic mass is 16.3. The summed E-state index contributed by atoms with van der Waals surface area (Å²) in [6, 6.07) is 3.62. The molecule has 0 aliphatic rings. The Morgan fingerprint density at radius 3 is 2.55 bits per heavy atom. The third-order valence-electron chi connectivity index (χ3n) is 3.77. The number of aliphatic hydroxyl groups excluding tert-OH is 1. The van der Waals surface area contributed by atoms with Crippen LogP contribution >= 0.6 is 0 Å². The maximum Gasteiger partial charge on any atom is 0.254 e. The Morgan fingerprint density at radius 1 is 1.32 bits per heavy atom. The van der Waals surface area contributed by atoms with E-state index < -0.39 is 0 Å². The molecule has 0 amide bonds. The zero-order chi connectivity index (χ0) is 16.3. The highest BCUT2D eigenvalue weighted by Crippen LogP contribution is 2.17. The number of rotatable bonds is 5. The van der Waals surface area contributed by atoms with Gasteiger partial charge in [-0.2, -0.15) is 0 Å². The van der Waals surface area contributed by atoms with Crippen LogP contribution in [0.5, 0.6) is 0 Å². The zero-order valence-electron chi connectivity index (χ0n) is 13.3. The van der Waals surface area contributed by atoms with Gasteiger partial charge >= 0.3 is 0 Å². The SMILES string of the molecule is Cc1nc(-c2ccc(N[C@H](CO)C(C)C)nc2)[nH]c(=O)c1C. The topological polar surface area (TPSA) is 90.9 Å². The Bertz CT molecular complexity index is 692. The quantitative estimate of drug-likeness (QED) is 0.784. The van der Waals surface area contributed by atoms with Crippen LogP contribution in [0.2, 0.25) is 0 Å². The summed E-state index contributed by atoms with van der Waals surface area (Å²) in [6.45, 7) is 7.67. The standard InChI is InChI=1S/C16H22N4O2/c1-9(2)13(8-21)19-14-6-5-12(7-17-14)15-18-11(4)10(3)16(22)20-15/h5-7,9,13,21H,8H2,1-4H3,(H,17,19)(H,18,20,22)/t13-/m1/s1. The second-order valence-corrected chi connectivity index (χ2v) is 5.73. The van der Waals surface area contributed by atoms with Crippen LogP contribution in [0.3, 0.4) is 0 Å². The second kappa shape index (κ2) is 6.70. The molecule has 3 N–H and O–H groups in total. The maximum absolute atomic E-state index is 11.8. The van der Waals surface area contributed by atoms with E-state index in [4.69, 9.17) is 0 Å². The van der Waals surface area contributed by atoms with E-state index in [0.717, 1.165) is 5.56 Å². The van der Waals surface area contributed by atoms with Crippen molar-refractivity contribution in [2.75, 3.05) is 11.9 Å². The molecule has 2 heterocycles. The number of nitrogens with one attached hydrogen (secondary N) is 2. The summed E-state index contributed by atoms with van der Waals surface area (Å²) in [5.74, 6) is 1.49. The summed E-state index contributed by atoms with van der Waals surface area (Å²) < 4.78 is 0. The molecule has 0 unspecified atom stereocenters. The van der Waals surface area contributed by atoms with E-state index in [1.54, 1.807) is 13.1 Å². The Kier molecular flexibility index (Phi) is 4.92.